The quantitative estimate of drug-likeness (QED) is 0.266. The van der Waals surface area contributed by atoms with Crippen molar-refractivity contribution in [2.24, 2.45) is 35.5 Å². The van der Waals surface area contributed by atoms with Gasteiger partial charge in [-0.1, -0.05) is 35.3 Å². The zero-order chi connectivity index (χ0) is 29.8. The maximum Gasteiger partial charge on any atom is 0.174 e. The Hall–Kier alpha value is -2.56. The molecule has 3 aromatic rings. The molecular formula is C38H42Cl2N2O2. The first-order valence-corrected chi connectivity index (χ1v) is 17.6. The molecule has 4 nitrogen and oxygen atoms in total. The zero-order valence-corrected chi connectivity index (χ0v) is 26.8. The van der Waals surface area contributed by atoms with E-state index in [1.54, 1.807) is 0 Å². The molecule has 0 aliphatic heterocycles. The summed E-state index contributed by atoms with van der Waals surface area (Å²) in [5, 5.41) is 1.09. The number of ether oxygens (including phenoxy) is 2. The van der Waals surface area contributed by atoms with Crippen molar-refractivity contribution in [2.75, 3.05) is 11.5 Å². The monoisotopic (exact) mass is 628 g/mol. The van der Waals surface area contributed by atoms with Crippen LogP contribution < -0.4 is 20.9 Å². The van der Waals surface area contributed by atoms with Gasteiger partial charge in [0, 0.05) is 34.6 Å². The number of hydrogen-bond acceptors (Lipinski definition) is 4. The summed E-state index contributed by atoms with van der Waals surface area (Å²) in [6.45, 7) is 0. The summed E-state index contributed by atoms with van der Waals surface area (Å²) in [6.07, 6.45) is 15.6. The Labute approximate surface area is 270 Å². The normalized spacial score (nSPS) is 36.1. The van der Waals surface area contributed by atoms with E-state index in [1.807, 2.05) is 36.4 Å². The molecule has 6 heteroatoms. The molecule has 3 aromatic carbocycles. The molecule has 44 heavy (non-hydrogen) atoms. The van der Waals surface area contributed by atoms with E-state index in [0.29, 0.717) is 32.9 Å². The average molecular weight is 630 g/mol. The van der Waals surface area contributed by atoms with Gasteiger partial charge in [0.05, 0.1) is 10.0 Å². The molecule has 0 spiro atoms. The van der Waals surface area contributed by atoms with Gasteiger partial charge in [-0.3, -0.25) is 0 Å². The van der Waals surface area contributed by atoms with Crippen LogP contribution in [0.2, 0.25) is 10.0 Å². The second-order valence-corrected chi connectivity index (χ2v) is 16.6. The van der Waals surface area contributed by atoms with E-state index >= 15 is 0 Å². The van der Waals surface area contributed by atoms with Crippen LogP contribution in [-0.4, -0.2) is 0 Å². The van der Waals surface area contributed by atoms with E-state index in [-0.39, 0.29) is 10.8 Å². The SMILES string of the molecule is Nc1ccc(Cl)c(Oc2c(C34CC5CC(CC(C5)C3)C4)ccc(C34CC5CC(CC(C5)C3)C4)c2Oc2cc(N)ccc2Cl)c1. The van der Waals surface area contributed by atoms with E-state index in [4.69, 9.17) is 44.1 Å². The third-order valence-electron chi connectivity index (χ3n) is 12.7. The van der Waals surface area contributed by atoms with Gasteiger partial charge >= 0.3 is 0 Å². The van der Waals surface area contributed by atoms with Crippen LogP contribution in [0.5, 0.6) is 23.0 Å². The number of nitrogens with two attached hydrogens (primary N) is 2. The van der Waals surface area contributed by atoms with Gasteiger partial charge < -0.3 is 20.9 Å². The summed E-state index contributed by atoms with van der Waals surface area (Å²) in [7, 11) is 0. The molecule has 8 aliphatic rings. The Balaban J connectivity index is 1.28. The number of benzene rings is 3. The van der Waals surface area contributed by atoms with Crippen molar-refractivity contribution < 1.29 is 9.47 Å². The van der Waals surface area contributed by atoms with Crippen molar-refractivity contribution in [2.45, 2.75) is 87.9 Å². The second-order valence-electron chi connectivity index (χ2n) is 15.8. The topological polar surface area (TPSA) is 70.5 Å². The molecule has 8 aliphatic carbocycles. The van der Waals surface area contributed by atoms with Gasteiger partial charge in [-0.05, 0) is 148 Å². The van der Waals surface area contributed by atoms with Gasteiger partial charge in [-0.2, -0.15) is 0 Å². The van der Waals surface area contributed by atoms with E-state index in [9.17, 15) is 0 Å². The summed E-state index contributed by atoms with van der Waals surface area (Å²) < 4.78 is 14.2. The predicted molar refractivity (Wildman–Crippen MR) is 178 cm³/mol. The molecular weight excluding hydrogens is 587 g/mol. The summed E-state index contributed by atoms with van der Waals surface area (Å²) in [4.78, 5) is 0. The lowest BCUT2D eigenvalue weighted by Gasteiger charge is -2.58. The lowest BCUT2D eigenvalue weighted by Crippen LogP contribution is -2.49. The van der Waals surface area contributed by atoms with Gasteiger partial charge in [0.1, 0.15) is 11.5 Å². The first kappa shape index (κ1) is 27.7. The van der Waals surface area contributed by atoms with Crippen LogP contribution in [-0.2, 0) is 10.8 Å². The molecule has 8 bridgehead atoms. The lowest BCUT2D eigenvalue weighted by molar-refractivity contribution is -0.00832. The standard InChI is InChI=1S/C38H42Cl2N2O2/c39-31-5-1-27(41)13-33(31)43-35-29(37-15-21-7-22(16-37)9-23(8-21)17-37)3-4-30(36(35)44-34-14-28(42)2-6-32(34)40)38-18-24-10-25(19-38)12-26(11-24)20-38/h1-6,13-14,21-26H,7-12,15-20,41-42H2. The van der Waals surface area contributed by atoms with Crippen LogP contribution in [0.25, 0.3) is 0 Å². The second kappa shape index (κ2) is 9.97. The predicted octanol–water partition coefficient (Wildman–Crippen LogP) is 10.7. The molecule has 0 unspecified atom stereocenters. The van der Waals surface area contributed by atoms with Gasteiger partial charge in [-0.25, -0.2) is 0 Å². The minimum Gasteiger partial charge on any atom is -0.451 e. The Morgan fingerprint density at radius 1 is 0.500 bits per heavy atom. The molecule has 0 saturated heterocycles. The smallest absolute Gasteiger partial charge is 0.174 e. The Kier molecular flexibility index (Phi) is 6.28. The van der Waals surface area contributed by atoms with Crippen molar-refractivity contribution in [1.29, 1.82) is 0 Å². The molecule has 0 radical (unpaired) electrons. The maximum absolute atomic E-state index is 7.08. The van der Waals surface area contributed by atoms with Gasteiger partial charge in [0.2, 0.25) is 0 Å². The summed E-state index contributed by atoms with van der Waals surface area (Å²) in [6, 6.07) is 15.9. The minimum absolute atomic E-state index is 0.0779. The van der Waals surface area contributed by atoms with Gasteiger partial charge in [-0.15, -0.1) is 0 Å². The maximum atomic E-state index is 7.08. The average Bonchev–Trinajstić information content (AvgIpc) is 2.96. The van der Waals surface area contributed by atoms with Crippen LogP contribution in [0.1, 0.15) is 88.2 Å². The van der Waals surface area contributed by atoms with Crippen molar-refractivity contribution in [3.63, 3.8) is 0 Å². The Morgan fingerprint density at radius 2 is 0.818 bits per heavy atom. The Bertz CT molecular complexity index is 1460. The summed E-state index contributed by atoms with van der Waals surface area (Å²) in [5.41, 5.74) is 16.5. The third kappa shape index (κ3) is 4.45. The molecule has 8 fully saturated rings. The molecule has 0 amide bonds. The number of rotatable bonds is 6. The summed E-state index contributed by atoms with van der Waals surface area (Å²) >= 11 is 13.6. The molecule has 0 aromatic heterocycles. The van der Waals surface area contributed by atoms with Crippen LogP contribution in [0.4, 0.5) is 11.4 Å². The van der Waals surface area contributed by atoms with Gasteiger partial charge in [0.15, 0.2) is 11.5 Å². The fourth-order valence-corrected chi connectivity index (χ4v) is 12.2. The fourth-order valence-electron chi connectivity index (χ4n) is 11.9. The number of halogens is 2. The van der Waals surface area contributed by atoms with Crippen molar-refractivity contribution in [3.8, 4) is 23.0 Å². The highest BCUT2D eigenvalue weighted by atomic mass is 35.5. The van der Waals surface area contributed by atoms with Crippen LogP contribution in [0.15, 0.2) is 48.5 Å². The number of anilines is 2. The van der Waals surface area contributed by atoms with Crippen molar-refractivity contribution in [3.05, 3.63) is 69.7 Å². The first-order chi connectivity index (χ1) is 21.2. The molecule has 0 atom stereocenters. The van der Waals surface area contributed by atoms with Gasteiger partial charge in [0.25, 0.3) is 0 Å². The number of nitrogen functional groups attached to an aromatic ring is 2. The van der Waals surface area contributed by atoms with Crippen molar-refractivity contribution >= 4 is 34.6 Å². The Morgan fingerprint density at radius 3 is 1.14 bits per heavy atom. The van der Waals surface area contributed by atoms with E-state index in [2.05, 4.69) is 12.1 Å². The zero-order valence-electron chi connectivity index (χ0n) is 25.3. The molecule has 4 N–H and O–H groups in total. The molecule has 11 rings (SSSR count). The summed E-state index contributed by atoms with van der Waals surface area (Å²) in [5.74, 6) is 7.52. The molecule has 230 valence electrons. The molecule has 8 saturated carbocycles. The number of hydrogen-bond donors (Lipinski definition) is 2. The molecule has 0 heterocycles. The largest absolute Gasteiger partial charge is 0.451 e. The highest BCUT2D eigenvalue weighted by Crippen LogP contribution is 2.66. The van der Waals surface area contributed by atoms with Crippen molar-refractivity contribution in [1.82, 2.24) is 0 Å². The van der Waals surface area contributed by atoms with Crippen LogP contribution in [0.3, 0.4) is 0 Å². The fraction of sp³-hybridized carbons (Fsp3) is 0.526. The first-order valence-electron chi connectivity index (χ1n) is 16.9. The van der Waals surface area contributed by atoms with Crippen LogP contribution in [0, 0.1) is 35.5 Å². The minimum atomic E-state index is 0.0779. The third-order valence-corrected chi connectivity index (χ3v) is 13.3. The highest BCUT2D eigenvalue weighted by Gasteiger charge is 2.55. The van der Waals surface area contributed by atoms with E-state index in [1.165, 1.54) is 88.2 Å². The highest BCUT2D eigenvalue weighted by molar-refractivity contribution is 6.32. The van der Waals surface area contributed by atoms with E-state index < -0.39 is 0 Å². The lowest BCUT2D eigenvalue weighted by atomic mass is 9.47. The van der Waals surface area contributed by atoms with E-state index in [0.717, 1.165) is 47.0 Å². The van der Waals surface area contributed by atoms with Crippen LogP contribution >= 0.6 is 23.2 Å².